The number of aromatic nitrogens is 3. The predicted octanol–water partition coefficient (Wildman–Crippen LogP) is 3.22. The average Bonchev–Trinajstić information content (AvgIpc) is 2.93. The summed E-state index contributed by atoms with van der Waals surface area (Å²) in [4.78, 5) is 15.3. The molecule has 0 aliphatic heterocycles. The molecule has 0 saturated carbocycles. The van der Waals surface area contributed by atoms with Crippen molar-refractivity contribution in [3.05, 3.63) is 69.7 Å². The minimum Gasteiger partial charge on any atom is -0.493 e. The van der Waals surface area contributed by atoms with Crippen LogP contribution in [0.4, 0.5) is 26.3 Å². The summed E-state index contributed by atoms with van der Waals surface area (Å²) in [7, 11) is 0. The largest absolute Gasteiger partial charge is 0.493 e. The van der Waals surface area contributed by atoms with E-state index in [0.29, 0.717) is 12.1 Å². The van der Waals surface area contributed by atoms with Crippen molar-refractivity contribution in [1.29, 1.82) is 5.26 Å². The molecule has 1 N–H and O–H groups in total. The van der Waals surface area contributed by atoms with E-state index in [1.54, 1.807) is 0 Å². The van der Waals surface area contributed by atoms with E-state index in [-0.39, 0.29) is 27.4 Å². The molecule has 30 heavy (non-hydrogen) atoms. The van der Waals surface area contributed by atoms with E-state index in [4.69, 9.17) is 5.26 Å². The van der Waals surface area contributed by atoms with Crippen LogP contribution >= 0.6 is 0 Å². The summed E-state index contributed by atoms with van der Waals surface area (Å²) < 4.78 is 82.7. The van der Waals surface area contributed by atoms with Gasteiger partial charge in [-0.05, 0) is 6.92 Å². The Morgan fingerprint density at radius 3 is 2.00 bits per heavy atom. The van der Waals surface area contributed by atoms with Gasteiger partial charge in [-0.25, -0.2) is 17.6 Å². The quantitative estimate of drug-likeness (QED) is 0.210. The molecule has 1 radical (unpaired) electrons. The maximum atomic E-state index is 14.2. The second-order valence-corrected chi connectivity index (χ2v) is 5.62. The van der Waals surface area contributed by atoms with Crippen molar-refractivity contribution in [2.75, 3.05) is 0 Å². The molecular formula is C17H6F6MnN4O2. The number of nitriles is 1. The van der Waals surface area contributed by atoms with Crippen molar-refractivity contribution >= 4 is 5.78 Å². The number of aryl methyl sites for hydroxylation is 1. The van der Waals surface area contributed by atoms with Crippen LogP contribution < -0.4 is 0 Å². The van der Waals surface area contributed by atoms with Gasteiger partial charge in [-0.3, -0.25) is 4.79 Å². The number of halogens is 6. The van der Waals surface area contributed by atoms with Gasteiger partial charge in [0.2, 0.25) is 23.6 Å². The zero-order valence-corrected chi connectivity index (χ0v) is 15.6. The minimum atomic E-state index is -2.06. The van der Waals surface area contributed by atoms with Crippen LogP contribution in [0.25, 0.3) is 5.69 Å². The Bertz CT molecular complexity index is 1190. The fourth-order valence-electron chi connectivity index (χ4n) is 2.58. The molecule has 1 aromatic carbocycles. The first kappa shape index (κ1) is 22.9. The molecule has 155 valence electrons. The summed E-state index contributed by atoms with van der Waals surface area (Å²) in [6.45, 7) is 1.09. The van der Waals surface area contributed by atoms with Gasteiger partial charge in [-0.15, -0.1) is 0 Å². The number of pyridine rings is 1. The van der Waals surface area contributed by atoms with Crippen molar-refractivity contribution < 1.29 is 53.3 Å². The van der Waals surface area contributed by atoms with E-state index in [9.17, 15) is 36.2 Å². The average molecular weight is 467 g/mol. The molecule has 0 atom stereocenters. The van der Waals surface area contributed by atoms with Gasteiger partial charge in [0.05, 0.1) is 5.69 Å². The number of nitrogens with zero attached hydrogens (tertiary/aromatic N) is 4. The van der Waals surface area contributed by atoms with E-state index in [2.05, 4.69) is 10.1 Å². The number of hydrogen-bond donors (Lipinski definition) is 1. The number of carbonyl (C=O) groups excluding carboxylic acids is 1. The van der Waals surface area contributed by atoms with Gasteiger partial charge >= 0.3 is 0 Å². The maximum Gasteiger partial charge on any atom is 0.226 e. The summed E-state index contributed by atoms with van der Waals surface area (Å²) in [5, 5.41) is 22.3. The van der Waals surface area contributed by atoms with Crippen LogP contribution in [0.15, 0.2) is 12.1 Å². The summed E-state index contributed by atoms with van der Waals surface area (Å²) in [6.07, 6.45) is 0. The smallest absolute Gasteiger partial charge is 0.226 e. The van der Waals surface area contributed by atoms with E-state index >= 15 is 0 Å². The van der Waals surface area contributed by atoms with E-state index < -0.39 is 69.2 Å². The molecule has 13 heteroatoms. The van der Waals surface area contributed by atoms with Gasteiger partial charge in [0.1, 0.15) is 22.9 Å². The molecule has 6 nitrogen and oxygen atoms in total. The Morgan fingerprint density at radius 1 is 1.03 bits per heavy atom. The number of ketones is 1. The molecule has 0 saturated heterocycles. The molecule has 3 rings (SSSR count). The van der Waals surface area contributed by atoms with Gasteiger partial charge < -0.3 is 5.11 Å². The number of benzene rings is 1. The molecule has 2 aromatic heterocycles. The topological polar surface area (TPSA) is 91.8 Å². The number of aromatic hydroxyl groups is 1. The maximum absolute atomic E-state index is 14.2. The molecule has 0 bridgehead atoms. The molecule has 3 aromatic rings. The van der Waals surface area contributed by atoms with Gasteiger partial charge in [0.15, 0.2) is 23.3 Å². The van der Waals surface area contributed by atoms with Gasteiger partial charge in [0, 0.05) is 34.8 Å². The summed E-state index contributed by atoms with van der Waals surface area (Å²) in [5.41, 5.74) is -4.81. The molecule has 2 heterocycles. The first-order valence-corrected chi connectivity index (χ1v) is 7.51. The molecule has 0 aliphatic carbocycles. The molecular weight excluding hydrogens is 461 g/mol. The predicted molar refractivity (Wildman–Crippen MR) is 82.1 cm³/mol. The molecule has 0 unspecified atom stereocenters. The zero-order valence-electron chi connectivity index (χ0n) is 14.4. The van der Waals surface area contributed by atoms with Crippen molar-refractivity contribution in [2.24, 2.45) is 0 Å². The van der Waals surface area contributed by atoms with Crippen LogP contribution in [0.2, 0.25) is 0 Å². The third kappa shape index (κ3) is 3.51. The normalized spacial score (nSPS) is 10.5. The number of rotatable bonds is 3. The first-order chi connectivity index (χ1) is 13.6. The van der Waals surface area contributed by atoms with Crippen molar-refractivity contribution in [3.63, 3.8) is 0 Å². The Hall–Kier alpha value is -3.36. The fourth-order valence-corrected chi connectivity index (χ4v) is 2.58. The Kier molecular flexibility index (Phi) is 6.25. The zero-order chi connectivity index (χ0) is 21.6. The Balaban J connectivity index is 0.00000320. The van der Waals surface area contributed by atoms with Gasteiger partial charge in [-0.1, -0.05) is 0 Å². The van der Waals surface area contributed by atoms with Crippen molar-refractivity contribution in [3.8, 4) is 17.6 Å². The SMILES string of the molecule is Cc1nn(-c2c(F)c(F)c(C#N)c(F)c2F)c(O)c1C(=O)c1cc(F)nc(F)c1.[Mn]. The van der Waals surface area contributed by atoms with Crippen LogP contribution in [0, 0.1) is 53.4 Å². The molecule has 0 aliphatic rings. The van der Waals surface area contributed by atoms with Crippen LogP contribution in [0.1, 0.15) is 27.2 Å². The molecule has 0 spiro atoms. The third-order valence-corrected chi connectivity index (χ3v) is 3.85. The second-order valence-electron chi connectivity index (χ2n) is 5.62. The third-order valence-electron chi connectivity index (χ3n) is 3.85. The van der Waals surface area contributed by atoms with Crippen molar-refractivity contribution in [1.82, 2.24) is 14.8 Å². The summed E-state index contributed by atoms with van der Waals surface area (Å²) in [6, 6.07) is 2.02. The Labute approximate surface area is 173 Å². The molecule has 0 amide bonds. The van der Waals surface area contributed by atoms with Crippen LogP contribution in [0.5, 0.6) is 5.88 Å². The molecule has 0 fully saturated rings. The first-order valence-electron chi connectivity index (χ1n) is 7.51. The minimum absolute atomic E-state index is 0. The second kappa shape index (κ2) is 8.17. The van der Waals surface area contributed by atoms with Crippen molar-refractivity contribution in [2.45, 2.75) is 6.92 Å². The van der Waals surface area contributed by atoms with E-state index in [0.717, 1.165) is 13.0 Å². The van der Waals surface area contributed by atoms with Gasteiger partial charge in [-0.2, -0.15) is 28.8 Å². The van der Waals surface area contributed by atoms with Gasteiger partial charge in [0.25, 0.3) is 0 Å². The van der Waals surface area contributed by atoms with Crippen LogP contribution in [-0.4, -0.2) is 25.7 Å². The number of hydrogen-bond acceptors (Lipinski definition) is 5. The number of carbonyl (C=O) groups is 1. The fraction of sp³-hybridized carbons (Fsp3) is 0.0588. The standard InChI is InChI=1S/C17H6F6N4O2.Mn/c1-5-10(16(28)6-2-8(18)25-9(19)3-6)17(29)27(26-5)15-13(22)11(20)7(4-24)12(21)14(15)23;/h2-3,29H,1H3;. The van der Waals surface area contributed by atoms with Crippen LogP contribution in [-0.2, 0) is 17.1 Å². The Morgan fingerprint density at radius 2 is 1.53 bits per heavy atom. The van der Waals surface area contributed by atoms with Crippen LogP contribution in [0.3, 0.4) is 0 Å². The van der Waals surface area contributed by atoms with E-state index in [1.807, 2.05) is 0 Å². The van der Waals surface area contributed by atoms with E-state index in [1.165, 1.54) is 0 Å². The summed E-state index contributed by atoms with van der Waals surface area (Å²) in [5.74, 6) is -13.4. The monoisotopic (exact) mass is 467 g/mol. The summed E-state index contributed by atoms with van der Waals surface area (Å²) >= 11 is 0.